The summed E-state index contributed by atoms with van der Waals surface area (Å²) >= 11 is 0. The van der Waals surface area contributed by atoms with E-state index in [4.69, 9.17) is 15.9 Å². The van der Waals surface area contributed by atoms with Crippen LogP contribution in [-0.2, 0) is 0 Å². The molecular formula is C23H27N6OP. The summed E-state index contributed by atoms with van der Waals surface area (Å²) < 4.78 is 8.17. The summed E-state index contributed by atoms with van der Waals surface area (Å²) in [5.41, 5.74) is 7.70. The van der Waals surface area contributed by atoms with Gasteiger partial charge < -0.3 is 15.8 Å². The molecular weight excluding hydrogens is 407 g/mol. The lowest BCUT2D eigenvalue weighted by molar-refractivity contribution is 0.354. The van der Waals surface area contributed by atoms with Crippen LogP contribution in [0.25, 0.3) is 0 Å². The van der Waals surface area contributed by atoms with Crippen LogP contribution in [0.1, 0.15) is 30.4 Å². The second kappa shape index (κ2) is 9.86. The van der Waals surface area contributed by atoms with Gasteiger partial charge >= 0.3 is 0 Å². The lowest BCUT2D eigenvalue weighted by Crippen LogP contribution is -2.37. The minimum atomic E-state index is 0.249. The molecule has 1 aliphatic carbocycles. The second-order valence-electron chi connectivity index (χ2n) is 7.61. The van der Waals surface area contributed by atoms with Crippen LogP contribution in [0.5, 0.6) is 5.75 Å². The first kappa shape index (κ1) is 21.2. The lowest BCUT2D eigenvalue weighted by atomic mass is 10.0. The molecule has 0 radical (unpaired) electrons. The number of benzene rings is 1. The number of ether oxygens (including phenoxy) is 1. The SMILES string of the molecule is N=C(c1ccc(OC2=CC=CC=CC2)cc1)c1c(N)ncnc1NC1CCCN(P)C1. The van der Waals surface area contributed by atoms with Crippen LogP contribution in [0, 0.1) is 5.41 Å². The summed E-state index contributed by atoms with van der Waals surface area (Å²) in [6, 6.07) is 7.70. The van der Waals surface area contributed by atoms with E-state index in [-0.39, 0.29) is 11.8 Å². The number of piperidine rings is 1. The van der Waals surface area contributed by atoms with Crippen molar-refractivity contribution in [3.8, 4) is 5.75 Å². The molecule has 2 unspecified atom stereocenters. The van der Waals surface area contributed by atoms with Gasteiger partial charge in [0.05, 0.1) is 11.3 Å². The van der Waals surface area contributed by atoms with Crippen LogP contribution in [0.3, 0.4) is 0 Å². The molecule has 0 amide bonds. The van der Waals surface area contributed by atoms with Crippen molar-refractivity contribution in [2.24, 2.45) is 0 Å². The van der Waals surface area contributed by atoms with Crippen molar-refractivity contribution in [3.05, 3.63) is 77.9 Å². The van der Waals surface area contributed by atoms with Crippen LogP contribution in [0.2, 0.25) is 0 Å². The van der Waals surface area contributed by atoms with Gasteiger partial charge in [0.15, 0.2) is 0 Å². The van der Waals surface area contributed by atoms with Gasteiger partial charge in [0.25, 0.3) is 0 Å². The van der Waals surface area contributed by atoms with Crippen molar-refractivity contribution in [1.29, 1.82) is 5.41 Å². The maximum Gasteiger partial charge on any atom is 0.141 e. The van der Waals surface area contributed by atoms with Gasteiger partial charge in [-0.05, 0) is 43.2 Å². The average Bonchev–Trinajstić information content (AvgIpc) is 3.03. The summed E-state index contributed by atoms with van der Waals surface area (Å²) in [6.45, 7) is 1.96. The van der Waals surface area contributed by atoms with E-state index in [2.05, 4.69) is 35.4 Å². The minimum Gasteiger partial charge on any atom is -0.461 e. The minimum absolute atomic E-state index is 0.249. The molecule has 1 saturated heterocycles. The van der Waals surface area contributed by atoms with Gasteiger partial charge in [0.1, 0.15) is 29.5 Å². The number of anilines is 2. The standard InChI is InChI=1S/C23H27N6OP/c24-21(16-9-11-19(12-10-16)30-18-7-3-1-2-4-8-18)20-22(25)26-15-27-23(20)28-17-6-5-13-29(31)14-17/h1-4,7,9-12,15,17,24H,5-6,8,13-14,31H2,(H3,25,26,27,28). The zero-order valence-electron chi connectivity index (χ0n) is 17.3. The van der Waals surface area contributed by atoms with Gasteiger partial charge in [-0.25, -0.2) is 9.97 Å². The monoisotopic (exact) mass is 434 g/mol. The molecule has 8 heteroatoms. The normalized spacial score (nSPS) is 18.9. The highest BCUT2D eigenvalue weighted by atomic mass is 31.0. The predicted octanol–water partition coefficient (Wildman–Crippen LogP) is 3.92. The first-order chi connectivity index (χ1) is 15.1. The largest absolute Gasteiger partial charge is 0.461 e. The third-order valence-corrected chi connectivity index (χ3v) is 5.74. The molecule has 1 aromatic carbocycles. The van der Waals surface area contributed by atoms with E-state index < -0.39 is 0 Å². The van der Waals surface area contributed by atoms with Crippen LogP contribution < -0.4 is 15.8 Å². The number of aromatic nitrogens is 2. The zero-order chi connectivity index (χ0) is 21.6. The Morgan fingerprint density at radius 2 is 2.03 bits per heavy atom. The number of rotatable bonds is 6. The van der Waals surface area contributed by atoms with E-state index in [0.717, 1.165) is 49.4 Å². The highest BCUT2D eigenvalue weighted by molar-refractivity contribution is 7.13. The summed E-state index contributed by atoms with van der Waals surface area (Å²) in [7, 11) is 2.76. The Labute approximate surface area is 184 Å². The molecule has 0 saturated carbocycles. The molecule has 1 aliphatic heterocycles. The number of hydrogen-bond donors (Lipinski definition) is 3. The van der Waals surface area contributed by atoms with Gasteiger partial charge in [-0.1, -0.05) is 33.7 Å². The maximum atomic E-state index is 8.78. The molecule has 2 aliphatic rings. The Balaban J connectivity index is 1.52. The van der Waals surface area contributed by atoms with Crippen molar-refractivity contribution in [2.45, 2.75) is 25.3 Å². The van der Waals surface area contributed by atoms with Gasteiger partial charge in [-0.15, -0.1) is 0 Å². The summed E-state index contributed by atoms with van der Waals surface area (Å²) in [6.07, 6.45) is 14.3. The van der Waals surface area contributed by atoms with Crippen LogP contribution >= 0.6 is 9.39 Å². The fourth-order valence-corrected chi connectivity index (χ4v) is 4.13. The van der Waals surface area contributed by atoms with Crippen LogP contribution in [-0.4, -0.2) is 39.5 Å². The Morgan fingerprint density at radius 3 is 2.84 bits per heavy atom. The molecule has 1 fully saturated rings. The molecule has 2 atom stereocenters. The van der Waals surface area contributed by atoms with E-state index in [0.29, 0.717) is 17.2 Å². The number of allylic oxidation sites excluding steroid dienone is 5. The van der Waals surface area contributed by atoms with Crippen molar-refractivity contribution in [3.63, 3.8) is 0 Å². The molecule has 1 aromatic heterocycles. The highest BCUT2D eigenvalue weighted by Gasteiger charge is 2.22. The van der Waals surface area contributed by atoms with Crippen molar-refractivity contribution in [1.82, 2.24) is 14.6 Å². The van der Waals surface area contributed by atoms with Crippen molar-refractivity contribution in [2.75, 3.05) is 24.1 Å². The number of nitrogens with one attached hydrogen (secondary N) is 2. The molecule has 4 rings (SSSR count). The highest BCUT2D eigenvalue weighted by Crippen LogP contribution is 2.26. The Morgan fingerprint density at radius 1 is 1.19 bits per heavy atom. The van der Waals surface area contributed by atoms with Crippen LogP contribution in [0.4, 0.5) is 11.6 Å². The fraction of sp³-hybridized carbons (Fsp3) is 0.261. The Hall–Kier alpha value is -3.02. The van der Waals surface area contributed by atoms with Gasteiger partial charge in [-0.3, -0.25) is 10.1 Å². The molecule has 0 bridgehead atoms. The number of nitrogens with two attached hydrogens (primary N) is 1. The summed E-state index contributed by atoms with van der Waals surface area (Å²) in [5.74, 6) is 2.49. The zero-order valence-corrected chi connectivity index (χ0v) is 18.4. The van der Waals surface area contributed by atoms with Gasteiger partial charge in [0, 0.05) is 31.1 Å². The molecule has 31 heavy (non-hydrogen) atoms. The van der Waals surface area contributed by atoms with E-state index >= 15 is 0 Å². The molecule has 4 N–H and O–H groups in total. The molecule has 2 aromatic rings. The van der Waals surface area contributed by atoms with Crippen LogP contribution in [0.15, 0.2) is 66.7 Å². The fourth-order valence-electron chi connectivity index (χ4n) is 3.69. The van der Waals surface area contributed by atoms with Crippen molar-refractivity contribution < 1.29 is 4.74 Å². The van der Waals surface area contributed by atoms with E-state index in [1.807, 2.05) is 48.6 Å². The predicted molar refractivity (Wildman–Crippen MR) is 128 cm³/mol. The first-order valence-corrected chi connectivity index (χ1v) is 10.9. The molecule has 7 nitrogen and oxygen atoms in total. The van der Waals surface area contributed by atoms with E-state index in [9.17, 15) is 0 Å². The van der Waals surface area contributed by atoms with E-state index in [1.165, 1.54) is 6.33 Å². The first-order valence-electron chi connectivity index (χ1n) is 10.4. The third-order valence-electron chi connectivity index (χ3n) is 5.27. The van der Waals surface area contributed by atoms with E-state index in [1.54, 1.807) is 0 Å². The number of nitrogen functional groups attached to an aromatic ring is 1. The quantitative estimate of drug-likeness (QED) is 0.471. The van der Waals surface area contributed by atoms with Gasteiger partial charge in [-0.2, -0.15) is 0 Å². The summed E-state index contributed by atoms with van der Waals surface area (Å²) in [4.78, 5) is 8.52. The Bertz CT molecular complexity index is 1030. The topological polar surface area (TPSA) is 100 Å². The Kier molecular flexibility index (Phi) is 6.75. The van der Waals surface area contributed by atoms with Gasteiger partial charge in [0.2, 0.25) is 0 Å². The average molecular weight is 434 g/mol. The number of hydrogen-bond acceptors (Lipinski definition) is 7. The smallest absolute Gasteiger partial charge is 0.141 e. The molecule has 0 spiro atoms. The maximum absolute atomic E-state index is 8.78. The third kappa shape index (κ3) is 5.37. The van der Waals surface area contributed by atoms with Crippen molar-refractivity contribution >= 4 is 26.7 Å². The molecule has 160 valence electrons. The summed E-state index contributed by atoms with van der Waals surface area (Å²) in [5, 5.41) is 12.2. The lowest BCUT2D eigenvalue weighted by Gasteiger charge is -2.30. The second-order valence-corrected chi connectivity index (χ2v) is 8.34. The number of nitrogens with zero attached hydrogens (tertiary/aromatic N) is 3. The molecule has 2 heterocycles.